The molecule has 0 heterocycles. The Morgan fingerprint density at radius 3 is 2.31 bits per heavy atom. The summed E-state index contributed by atoms with van der Waals surface area (Å²) in [4.78, 5) is 11.9. The highest BCUT2D eigenvalue weighted by Crippen LogP contribution is 2.31. The van der Waals surface area contributed by atoms with Crippen molar-refractivity contribution in [3.8, 4) is 0 Å². The van der Waals surface area contributed by atoms with Crippen LogP contribution in [-0.4, -0.2) is 17.5 Å². The molecular formula is C12H23ClN2O. The SMILES string of the molecule is CC(NC(=O)C1(N)CCC1)C1CCCC1.Cl. The van der Waals surface area contributed by atoms with Gasteiger partial charge in [0.1, 0.15) is 0 Å². The summed E-state index contributed by atoms with van der Waals surface area (Å²) in [5.41, 5.74) is 5.45. The third-order valence-electron chi connectivity index (χ3n) is 4.16. The molecule has 3 nitrogen and oxygen atoms in total. The molecule has 0 bridgehead atoms. The van der Waals surface area contributed by atoms with E-state index in [2.05, 4.69) is 12.2 Å². The van der Waals surface area contributed by atoms with E-state index in [0.717, 1.165) is 19.3 Å². The van der Waals surface area contributed by atoms with Gasteiger partial charge in [0.25, 0.3) is 0 Å². The summed E-state index contributed by atoms with van der Waals surface area (Å²) < 4.78 is 0. The Hall–Kier alpha value is -0.280. The molecule has 1 atom stereocenters. The number of rotatable bonds is 3. The highest BCUT2D eigenvalue weighted by Gasteiger charge is 2.41. The zero-order chi connectivity index (χ0) is 10.9. The molecule has 3 N–H and O–H groups in total. The molecule has 0 saturated heterocycles. The summed E-state index contributed by atoms with van der Waals surface area (Å²) >= 11 is 0. The monoisotopic (exact) mass is 246 g/mol. The zero-order valence-electron chi connectivity index (χ0n) is 10.00. The first-order chi connectivity index (χ1) is 7.12. The van der Waals surface area contributed by atoms with Crippen molar-refractivity contribution >= 4 is 18.3 Å². The molecule has 2 aliphatic carbocycles. The zero-order valence-corrected chi connectivity index (χ0v) is 10.8. The molecule has 2 rings (SSSR count). The predicted octanol–water partition coefficient (Wildman–Crippen LogP) is 1.98. The van der Waals surface area contributed by atoms with Crippen molar-refractivity contribution in [3.63, 3.8) is 0 Å². The van der Waals surface area contributed by atoms with E-state index in [1.165, 1.54) is 25.7 Å². The largest absolute Gasteiger partial charge is 0.352 e. The Kier molecular flexibility index (Phi) is 4.62. The number of carbonyl (C=O) groups is 1. The van der Waals surface area contributed by atoms with Crippen LogP contribution in [0.15, 0.2) is 0 Å². The number of halogens is 1. The number of amides is 1. The van der Waals surface area contributed by atoms with Crippen molar-refractivity contribution in [3.05, 3.63) is 0 Å². The molecule has 0 spiro atoms. The van der Waals surface area contributed by atoms with Crippen LogP contribution in [0.5, 0.6) is 0 Å². The molecule has 0 aromatic carbocycles. The highest BCUT2D eigenvalue weighted by atomic mass is 35.5. The summed E-state index contributed by atoms with van der Waals surface area (Å²) in [5, 5.41) is 3.10. The Morgan fingerprint density at radius 1 is 1.31 bits per heavy atom. The number of nitrogens with one attached hydrogen (secondary N) is 1. The second-order valence-electron chi connectivity index (χ2n) is 5.32. The Bertz CT molecular complexity index is 247. The fraction of sp³-hybridized carbons (Fsp3) is 0.917. The maximum atomic E-state index is 11.9. The molecular weight excluding hydrogens is 224 g/mol. The normalized spacial score (nSPS) is 25.4. The van der Waals surface area contributed by atoms with Gasteiger partial charge in [0, 0.05) is 6.04 Å². The van der Waals surface area contributed by atoms with Gasteiger partial charge >= 0.3 is 0 Å². The van der Waals surface area contributed by atoms with Gasteiger partial charge in [-0.1, -0.05) is 12.8 Å². The molecule has 94 valence electrons. The summed E-state index contributed by atoms with van der Waals surface area (Å²) in [6.45, 7) is 2.12. The van der Waals surface area contributed by atoms with E-state index in [4.69, 9.17) is 5.73 Å². The van der Waals surface area contributed by atoms with Crippen molar-refractivity contribution in [2.24, 2.45) is 11.7 Å². The first-order valence-electron chi connectivity index (χ1n) is 6.22. The van der Waals surface area contributed by atoms with Gasteiger partial charge in [-0.05, 0) is 44.9 Å². The Labute approximate surface area is 104 Å². The number of nitrogens with two attached hydrogens (primary N) is 1. The second kappa shape index (κ2) is 5.37. The molecule has 0 aromatic heterocycles. The fourth-order valence-electron chi connectivity index (χ4n) is 2.71. The van der Waals surface area contributed by atoms with Crippen LogP contribution in [0.25, 0.3) is 0 Å². The Balaban J connectivity index is 0.00000128. The molecule has 0 aliphatic heterocycles. The van der Waals surface area contributed by atoms with Crippen LogP contribution in [0.1, 0.15) is 51.9 Å². The van der Waals surface area contributed by atoms with Crippen LogP contribution < -0.4 is 11.1 Å². The molecule has 1 amide bonds. The van der Waals surface area contributed by atoms with E-state index in [1.54, 1.807) is 0 Å². The summed E-state index contributed by atoms with van der Waals surface area (Å²) in [6.07, 6.45) is 7.98. The van der Waals surface area contributed by atoms with Crippen LogP contribution in [0.3, 0.4) is 0 Å². The summed E-state index contributed by atoms with van der Waals surface area (Å²) in [6, 6.07) is 0.307. The van der Waals surface area contributed by atoms with Gasteiger partial charge in [-0.25, -0.2) is 0 Å². The lowest BCUT2D eigenvalue weighted by atomic mass is 9.76. The van der Waals surface area contributed by atoms with Crippen LogP contribution in [0.4, 0.5) is 0 Å². The summed E-state index contributed by atoms with van der Waals surface area (Å²) in [7, 11) is 0. The van der Waals surface area contributed by atoms with Crippen molar-refractivity contribution in [2.75, 3.05) is 0 Å². The van der Waals surface area contributed by atoms with E-state index in [-0.39, 0.29) is 18.3 Å². The van der Waals surface area contributed by atoms with Crippen molar-refractivity contribution < 1.29 is 4.79 Å². The lowest BCUT2D eigenvalue weighted by Gasteiger charge is -2.37. The van der Waals surface area contributed by atoms with Gasteiger partial charge in [-0.2, -0.15) is 0 Å². The molecule has 0 radical (unpaired) electrons. The number of hydrogen-bond donors (Lipinski definition) is 2. The molecule has 1 unspecified atom stereocenters. The first-order valence-corrected chi connectivity index (χ1v) is 6.22. The smallest absolute Gasteiger partial charge is 0.240 e. The lowest BCUT2D eigenvalue weighted by molar-refractivity contribution is -0.130. The van der Waals surface area contributed by atoms with Gasteiger partial charge in [0.15, 0.2) is 0 Å². The first kappa shape index (κ1) is 13.8. The van der Waals surface area contributed by atoms with Crippen molar-refractivity contribution in [1.82, 2.24) is 5.32 Å². The van der Waals surface area contributed by atoms with Gasteiger partial charge in [0.05, 0.1) is 5.54 Å². The van der Waals surface area contributed by atoms with E-state index < -0.39 is 5.54 Å². The number of carbonyl (C=O) groups excluding carboxylic acids is 1. The topological polar surface area (TPSA) is 55.1 Å². The lowest BCUT2D eigenvalue weighted by Crippen LogP contribution is -2.60. The van der Waals surface area contributed by atoms with E-state index in [9.17, 15) is 4.79 Å². The van der Waals surface area contributed by atoms with E-state index in [1.807, 2.05) is 0 Å². The molecule has 2 saturated carbocycles. The van der Waals surface area contributed by atoms with Crippen molar-refractivity contribution in [1.29, 1.82) is 0 Å². The molecule has 0 aromatic rings. The average molecular weight is 247 g/mol. The van der Waals surface area contributed by atoms with Gasteiger partial charge in [-0.15, -0.1) is 12.4 Å². The van der Waals surface area contributed by atoms with Crippen molar-refractivity contribution in [2.45, 2.75) is 63.5 Å². The average Bonchev–Trinajstić information content (AvgIpc) is 2.66. The summed E-state index contributed by atoms with van der Waals surface area (Å²) in [5.74, 6) is 0.755. The highest BCUT2D eigenvalue weighted by molar-refractivity contribution is 5.87. The quantitative estimate of drug-likeness (QED) is 0.800. The Morgan fingerprint density at radius 2 is 1.88 bits per heavy atom. The van der Waals surface area contributed by atoms with E-state index >= 15 is 0 Å². The van der Waals surface area contributed by atoms with E-state index in [0.29, 0.717) is 12.0 Å². The third kappa shape index (κ3) is 2.69. The van der Waals surface area contributed by atoms with Gasteiger partial charge in [-0.3, -0.25) is 4.79 Å². The van der Waals surface area contributed by atoms with Crippen LogP contribution in [-0.2, 0) is 4.79 Å². The molecule has 2 fully saturated rings. The second-order valence-corrected chi connectivity index (χ2v) is 5.32. The standard InChI is InChI=1S/C12H22N2O.ClH/c1-9(10-5-2-3-6-10)14-11(15)12(13)7-4-8-12;/h9-10H,2-8,13H2,1H3,(H,14,15);1H. The minimum Gasteiger partial charge on any atom is -0.352 e. The molecule has 2 aliphatic rings. The van der Waals surface area contributed by atoms with Gasteiger partial charge in [0.2, 0.25) is 5.91 Å². The predicted molar refractivity (Wildman–Crippen MR) is 67.6 cm³/mol. The van der Waals surface area contributed by atoms with Crippen LogP contribution in [0.2, 0.25) is 0 Å². The third-order valence-corrected chi connectivity index (χ3v) is 4.16. The van der Waals surface area contributed by atoms with Crippen LogP contribution >= 0.6 is 12.4 Å². The maximum Gasteiger partial charge on any atom is 0.240 e. The minimum atomic E-state index is -0.535. The fourth-order valence-corrected chi connectivity index (χ4v) is 2.71. The molecule has 16 heavy (non-hydrogen) atoms. The van der Waals surface area contributed by atoms with Crippen LogP contribution in [0, 0.1) is 5.92 Å². The maximum absolute atomic E-state index is 11.9. The number of hydrogen-bond acceptors (Lipinski definition) is 2. The minimum absolute atomic E-state index is 0. The molecule has 4 heteroatoms. The van der Waals surface area contributed by atoms with Gasteiger partial charge < -0.3 is 11.1 Å².